The summed E-state index contributed by atoms with van der Waals surface area (Å²) < 4.78 is 5.47. The van der Waals surface area contributed by atoms with E-state index in [1.54, 1.807) is 0 Å². The van der Waals surface area contributed by atoms with Gasteiger partial charge in [-0.2, -0.15) is 0 Å². The average Bonchev–Trinajstić information content (AvgIpc) is 2.66. The van der Waals surface area contributed by atoms with Crippen molar-refractivity contribution in [2.45, 2.75) is 6.42 Å². The van der Waals surface area contributed by atoms with Crippen LogP contribution in [0.1, 0.15) is 6.42 Å². The molecule has 5 nitrogen and oxygen atoms in total. The molecule has 0 atom stereocenters. The van der Waals surface area contributed by atoms with Gasteiger partial charge in [0.1, 0.15) is 11.0 Å². The van der Waals surface area contributed by atoms with Crippen molar-refractivity contribution in [2.75, 3.05) is 18.5 Å². The van der Waals surface area contributed by atoms with E-state index < -0.39 is 0 Å². The molecule has 0 aliphatic heterocycles. The largest absolute Gasteiger partial charge is 0.396 e. The van der Waals surface area contributed by atoms with Gasteiger partial charge in [0.15, 0.2) is 0 Å². The van der Waals surface area contributed by atoms with Crippen LogP contribution in [0.25, 0.3) is 11.0 Å². The third-order valence-corrected chi connectivity index (χ3v) is 2.58. The van der Waals surface area contributed by atoms with Gasteiger partial charge in [-0.05, 0) is 44.8 Å². The summed E-state index contributed by atoms with van der Waals surface area (Å²) >= 11 is 3.38. The number of nitrogens with one attached hydrogen (secondary N) is 1. The van der Waals surface area contributed by atoms with Crippen LogP contribution in [0.4, 0.5) is 5.69 Å². The topological polar surface area (TPSA) is 71.2 Å². The van der Waals surface area contributed by atoms with Crippen molar-refractivity contribution in [3.8, 4) is 0 Å². The highest BCUT2D eigenvalue weighted by molar-refractivity contribution is 9.10. The van der Waals surface area contributed by atoms with Crippen LogP contribution >= 0.6 is 15.9 Å². The van der Waals surface area contributed by atoms with E-state index in [-0.39, 0.29) is 6.61 Å². The first-order valence-corrected chi connectivity index (χ1v) is 5.37. The molecule has 0 spiro atoms. The minimum atomic E-state index is 0.182. The third-order valence-electron chi connectivity index (χ3n) is 1.98. The summed E-state index contributed by atoms with van der Waals surface area (Å²) in [6.07, 6.45) is 0.715. The quantitative estimate of drug-likeness (QED) is 0.830. The number of halogens is 1. The molecule has 1 aromatic carbocycles. The predicted octanol–water partition coefficient (Wildman–Crippen LogP) is 1.78. The second-order valence-corrected chi connectivity index (χ2v) is 3.95. The van der Waals surface area contributed by atoms with E-state index in [1.807, 2.05) is 12.1 Å². The van der Waals surface area contributed by atoms with E-state index in [0.717, 1.165) is 16.7 Å². The van der Waals surface area contributed by atoms with Crippen LogP contribution < -0.4 is 5.32 Å². The van der Waals surface area contributed by atoms with E-state index in [1.165, 1.54) is 0 Å². The first-order chi connectivity index (χ1) is 7.31. The van der Waals surface area contributed by atoms with Crippen molar-refractivity contribution >= 4 is 32.7 Å². The van der Waals surface area contributed by atoms with Gasteiger partial charge in [-0.1, -0.05) is 0 Å². The molecule has 0 fully saturated rings. The summed E-state index contributed by atoms with van der Waals surface area (Å²) in [6.45, 7) is 0.904. The number of rotatable bonds is 4. The molecule has 0 radical (unpaired) electrons. The molecule has 2 rings (SSSR count). The second-order valence-electron chi connectivity index (χ2n) is 3.09. The third kappa shape index (κ3) is 2.27. The first-order valence-electron chi connectivity index (χ1n) is 4.58. The van der Waals surface area contributed by atoms with Crippen molar-refractivity contribution in [2.24, 2.45) is 0 Å². The molecule has 80 valence electrons. The lowest BCUT2D eigenvalue weighted by molar-refractivity contribution is 0.292. The smallest absolute Gasteiger partial charge is 0.149 e. The number of aromatic nitrogens is 2. The fourth-order valence-electron chi connectivity index (χ4n) is 1.26. The standard InChI is InChI=1S/C9H10BrN3O2/c10-7-4-6(11-2-1-3-14)5-8-9(7)13-15-12-8/h4-5,11,14H,1-3H2. The molecular formula is C9H10BrN3O2. The predicted molar refractivity (Wildman–Crippen MR) is 59.7 cm³/mol. The van der Waals surface area contributed by atoms with Crippen LogP contribution in [0.5, 0.6) is 0 Å². The van der Waals surface area contributed by atoms with Crippen LogP contribution in [0, 0.1) is 0 Å². The fourth-order valence-corrected chi connectivity index (χ4v) is 1.79. The van der Waals surface area contributed by atoms with Gasteiger partial charge in [0.05, 0.1) is 4.47 Å². The Kier molecular flexibility index (Phi) is 3.17. The summed E-state index contributed by atoms with van der Waals surface area (Å²) in [5.74, 6) is 0. The molecule has 0 aliphatic carbocycles. The van der Waals surface area contributed by atoms with Gasteiger partial charge < -0.3 is 10.4 Å². The normalized spacial score (nSPS) is 10.8. The minimum absolute atomic E-state index is 0.182. The summed E-state index contributed by atoms with van der Waals surface area (Å²) in [7, 11) is 0. The highest BCUT2D eigenvalue weighted by Gasteiger charge is 2.06. The molecule has 0 amide bonds. The van der Waals surface area contributed by atoms with E-state index in [4.69, 9.17) is 5.11 Å². The lowest BCUT2D eigenvalue weighted by Crippen LogP contribution is -2.03. The Balaban J connectivity index is 2.21. The van der Waals surface area contributed by atoms with E-state index in [0.29, 0.717) is 17.5 Å². The van der Waals surface area contributed by atoms with Gasteiger partial charge in [0, 0.05) is 18.8 Å². The number of hydrogen-bond donors (Lipinski definition) is 2. The fraction of sp³-hybridized carbons (Fsp3) is 0.333. The summed E-state index contributed by atoms with van der Waals surface area (Å²) in [5, 5.41) is 19.3. The van der Waals surface area contributed by atoms with Crippen molar-refractivity contribution < 1.29 is 9.74 Å². The Morgan fingerprint density at radius 1 is 1.40 bits per heavy atom. The molecular weight excluding hydrogens is 262 g/mol. The number of nitrogens with zero attached hydrogens (tertiary/aromatic N) is 2. The Morgan fingerprint density at radius 3 is 3.07 bits per heavy atom. The molecule has 1 aromatic heterocycles. The summed E-state index contributed by atoms with van der Waals surface area (Å²) in [5.41, 5.74) is 2.34. The molecule has 2 aromatic rings. The maximum absolute atomic E-state index is 8.65. The molecule has 1 heterocycles. The number of fused-ring (bicyclic) bond motifs is 1. The van der Waals surface area contributed by atoms with Gasteiger partial charge in [0.25, 0.3) is 0 Å². The molecule has 0 aliphatic rings. The van der Waals surface area contributed by atoms with Crippen LogP contribution in [0.15, 0.2) is 21.2 Å². The molecule has 0 saturated heterocycles. The van der Waals surface area contributed by atoms with Gasteiger partial charge >= 0.3 is 0 Å². The van der Waals surface area contributed by atoms with Crippen LogP contribution in [-0.2, 0) is 0 Å². The molecule has 0 unspecified atom stereocenters. The van der Waals surface area contributed by atoms with Gasteiger partial charge in [-0.25, -0.2) is 4.63 Å². The van der Waals surface area contributed by atoms with Crippen LogP contribution in [-0.4, -0.2) is 28.6 Å². The van der Waals surface area contributed by atoms with E-state index in [2.05, 4.69) is 36.2 Å². The molecule has 0 saturated carbocycles. The Bertz CT molecular complexity index is 458. The van der Waals surface area contributed by atoms with Crippen molar-refractivity contribution in [3.63, 3.8) is 0 Å². The number of aliphatic hydroxyl groups excluding tert-OH is 1. The zero-order valence-electron chi connectivity index (χ0n) is 7.90. The van der Waals surface area contributed by atoms with Gasteiger partial charge in [-0.3, -0.25) is 0 Å². The zero-order valence-corrected chi connectivity index (χ0v) is 9.49. The molecule has 2 N–H and O–H groups in total. The van der Waals surface area contributed by atoms with Crippen LogP contribution in [0.3, 0.4) is 0 Å². The van der Waals surface area contributed by atoms with Gasteiger partial charge in [-0.15, -0.1) is 0 Å². The highest BCUT2D eigenvalue weighted by atomic mass is 79.9. The van der Waals surface area contributed by atoms with Gasteiger partial charge in [0.2, 0.25) is 0 Å². The number of hydrogen-bond acceptors (Lipinski definition) is 5. The maximum Gasteiger partial charge on any atom is 0.149 e. The Labute approximate surface area is 94.6 Å². The molecule has 15 heavy (non-hydrogen) atoms. The lowest BCUT2D eigenvalue weighted by atomic mass is 10.2. The summed E-state index contributed by atoms with van der Waals surface area (Å²) in [4.78, 5) is 0. The first kappa shape index (κ1) is 10.4. The number of anilines is 1. The summed E-state index contributed by atoms with van der Waals surface area (Å²) in [6, 6.07) is 3.76. The molecule has 6 heteroatoms. The minimum Gasteiger partial charge on any atom is -0.396 e. The lowest BCUT2D eigenvalue weighted by Gasteiger charge is -2.04. The Morgan fingerprint density at radius 2 is 2.27 bits per heavy atom. The number of benzene rings is 1. The number of aliphatic hydroxyl groups is 1. The zero-order chi connectivity index (χ0) is 10.7. The average molecular weight is 272 g/mol. The van der Waals surface area contributed by atoms with Crippen molar-refractivity contribution in [1.29, 1.82) is 0 Å². The van der Waals surface area contributed by atoms with Crippen LogP contribution in [0.2, 0.25) is 0 Å². The van der Waals surface area contributed by atoms with E-state index >= 15 is 0 Å². The monoisotopic (exact) mass is 271 g/mol. The highest BCUT2D eigenvalue weighted by Crippen LogP contribution is 2.25. The van der Waals surface area contributed by atoms with Crippen molar-refractivity contribution in [1.82, 2.24) is 10.3 Å². The molecule has 0 bridgehead atoms. The van der Waals surface area contributed by atoms with Crippen molar-refractivity contribution in [3.05, 3.63) is 16.6 Å². The maximum atomic E-state index is 8.65. The van der Waals surface area contributed by atoms with E-state index in [9.17, 15) is 0 Å². The Hall–Kier alpha value is -1.14. The second kappa shape index (κ2) is 4.59. The SMILES string of the molecule is OCCCNc1cc(Br)c2nonc2c1.